The van der Waals surface area contributed by atoms with E-state index < -0.39 is 0 Å². The third-order valence-electron chi connectivity index (χ3n) is 10.5. The number of esters is 2. The van der Waals surface area contributed by atoms with Crippen LogP contribution in [0.3, 0.4) is 0 Å². The highest BCUT2D eigenvalue weighted by Gasteiger charge is 2.11. The molecule has 0 heterocycles. The standard InChI is InChI=1S/C44H88N2O4/c1-6-11-14-15-16-17-18-22-29-40-49-43(47)35-26-23-28-37-46(39-38-45(9-4)10-5)36-27-21-19-20-25-34-44(48)50-41-30-33-42(31-13-8-3)32-24-12-7-2/h42H,6-41H2,1-5H3. The highest BCUT2D eigenvalue weighted by Crippen LogP contribution is 2.22. The van der Waals surface area contributed by atoms with Crippen LogP contribution in [0.15, 0.2) is 0 Å². The predicted molar refractivity (Wildman–Crippen MR) is 216 cm³/mol. The molecule has 6 nitrogen and oxygen atoms in total. The van der Waals surface area contributed by atoms with Crippen LogP contribution in [-0.4, -0.2) is 74.2 Å². The number of carbonyl (C=O) groups excluding carboxylic acids is 2. The number of hydrogen-bond acceptors (Lipinski definition) is 6. The Morgan fingerprint density at radius 3 is 1.36 bits per heavy atom. The lowest BCUT2D eigenvalue weighted by Crippen LogP contribution is -2.36. The van der Waals surface area contributed by atoms with Crippen LogP contribution in [0.1, 0.15) is 214 Å². The lowest BCUT2D eigenvalue weighted by Gasteiger charge is -2.26. The molecular formula is C44H88N2O4. The maximum atomic E-state index is 12.3. The predicted octanol–water partition coefficient (Wildman–Crippen LogP) is 12.3. The van der Waals surface area contributed by atoms with E-state index in [-0.39, 0.29) is 11.9 Å². The zero-order valence-corrected chi connectivity index (χ0v) is 34.6. The van der Waals surface area contributed by atoms with Crippen molar-refractivity contribution in [3.63, 3.8) is 0 Å². The van der Waals surface area contributed by atoms with Gasteiger partial charge in [0.25, 0.3) is 0 Å². The molecular weight excluding hydrogens is 620 g/mol. The zero-order chi connectivity index (χ0) is 36.8. The van der Waals surface area contributed by atoms with E-state index in [1.165, 1.54) is 122 Å². The summed E-state index contributed by atoms with van der Waals surface area (Å²) in [5, 5.41) is 0. The smallest absolute Gasteiger partial charge is 0.305 e. The molecule has 0 spiro atoms. The molecule has 50 heavy (non-hydrogen) atoms. The molecule has 0 aromatic rings. The summed E-state index contributed by atoms with van der Waals surface area (Å²) in [6.45, 7) is 19.2. The van der Waals surface area contributed by atoms with Gasteiger partial charge in [-0.1, -0.05) is 157 Å². The second-order valence-electron chi connectivity index (χ2n) is 15.1. The molecule has 0 rings (SSSR count). The number of rotatable bonds is 40. The Labute approximate surface area is 313 Å². The second kappa shape index (κ2) is 39.1. The molecule has 0 fully saturated rings. The highest BCUT2D eigenvalue weighted by atomic mass is 16.5. The van der Waals surface area contributed by atoms with Crippen molar-refractivity contribution in [2.45, 2.75) is 214 Å². The Kier molecular flexibility index (Phi) is 38.2. The Balaban J connectivity index is 4.05. The monoisotopic (exact) mass is 709 g/mol. The van der Waals surface area contributed by atoms with Gasteiger partial charge >= 0.3 is 11.9 Å². The first-order valence-electron chi connectivity index (χ1n) is 22.3. The Hall–Kier alpha value is -1.14. The Bertz CT molecular complexity index is 714. The first-order chi connectivity index (χ1) is 24.5. The van der Waals surface area contributed by atoms with Gasteiger partial charge in [-0.05, 0) is 77.0 Å². The number of ether oxygens (including phenoxy) is 2. The lowest BCUT2D eigenvalue weighted by molar-refractivity contribution is -0.144. The fourth-order valence-electron chi connectivity index (χ4n) is 6.98. The molecule has 0 aliphatic heterocycles. The van der Waals surface area contributed by atoms with Gasteiger partial charge in [0.2, 0.25) is 0 Å². The summed E-state index contributed by atoms with van der Waals surface area (Å²) in [5.41, 5.74) is 0. The molecule has 0 bridgehead atoms. The van der Waals surface area contributed by atoms with Crippen molar-refractivity contribution in [3.05, 3.63) is 0 Å². The third-order valence-corrected chi connectivity index (χ3v) is 10.5. The van der Waals surface area contributed by atoms with E-state index in [1.807, 2.05) is 0 Å². The molecule has 1 unspecified atom stereocenters. The summed E-state index contributed by atoms with van der Waals surface area (Å²) in [4.78, 5) is 29.6. The number of likely N-dealkylation sites (N-methyl/N-ethyl adjacent to an activating group) is 1. The lowest BCUT2D eigenvalue weighted by atomic mass is 9.91. The normalized spacial score (nSPS) is 12.2. The fourth-order valence-corrected chi connectivity index (χ4v) is 6.98. The minimum atomic E-state index is -0.0136. The van der Waals surface area contributed by atoms with Gasteiger partial charge in [0, 0.05) is 25.9 Å². The minimum Gasteiger partial charge on any atom is -0.466 e. The van der Waals surface area contributed by atoms with Crippen molar-refractivity contribution in [1.29, 1.82) is 0 Å². The molecule has 0 radical (unpaired) electrons. The maximum Gasteiger partial charge on any atom is 0.305 e. The van der Waals surface area contributed by atoms with Gasteiger partial charge in [-0.3, -0.25) is 9.59 Å². The number of nitrogens with zero attached hydrogens (tertiary/aromatic N) is 2. The van der Waals surface area contributed by atoms with E-state index in [0.717, 1.165) is 90.1 Å². The van der Waals surface area contributed by atoms with Crippen molar-refractivity contribution in [3.8, 4) is 0 Å². The van der Waals surface area contributed by atoms with Gasteiger partial charge in [-0.2, -0.15) is 0 Å². The number of hydrogen-bond donors (Lipinski definition) is 0. The van der Waals surface area contributed by atoms with Crippen molar-refractivity contribution < 1.29 is 19.1 Å². The molecule has 0 amide bonds. The van der Waals surface area contributed by atoms with E-state index in [2.05, 4.69) is 44.4 Å². The van der Waals surface area contributed by atoms with Gasteiger partial charge in [0.1, 0.15) is 0 Å². The molecule has 0 aromatic heterocycles. The van der Waals surface area contributed by atoms with Crippen LogP contribution in [0.5, 0.6) is 0 Å². The Morgan fingerprint density at radius 2 is 0.800 bits per heavy atom. The summed E-state index contributed by atoms with van der Waals surface area (Å²) < 4.78 is 11.1. The molecule has 0 saturated heterocycles. The SMILES string of the molecule is CCCCCCCCCCCOC(=O)CCCCCN(CCCCCCCC(=O)OCCCC(CCCC)CCCCC)CCN(CC)CC. The summed E-state index contributed by atoms with van der Waals surface area (Å²) in [6.07, 6.45) is 33.0. The van der Waals surface area contributed by atoms with E-state index in [1.54, 1.807) is 0 Å². The van der Waals surface area contributed by atoms with Gasteiger partial charge in [0.05, 0.1) is 13.2 Å². The summed E-state index contributed by atoms with van der Waals surface area (Å²) >= 11 is 0. The Morgan fingerprint density at radius 1 is 0.400 bits per heavy atom. The van der Waals surface area contributed by atoms with E-state index in [9.17, 15) is 9.59 Å². The van der Waals surface area contributed by atoms with Gasteiger partial charge in [-0.25, -0.2) is 0 Å². The van der Waals surface area contributed by atoms with Crippen LogP contribution in [0.25, 0.3) is 0 Å². The van der Waals surface area contributed by atoms with Crippen molar-refractivity contribution in [1.82, 2.24) is 9.80 Å². The minimum absolute atomic E-state index is 0.00395. The van der Waals surface area contributed by atoms with Crippen LogP contribution in [0, 0.1) is 5.92 Å². The number of unbranched alkanes of at least 4 members (excludes halogenated alkanes) is 17. The average molecular weight is 709 g/mol. The first-order valence-corrected chi connectivity index (χ1v) is 22.3. The number of carbonyl (C=O) groups is 2. The molecule has 298 valence electrons. The molecule has 0 saturated carbocycles. The van der Waals surface area contributed by atoms with Crippen molar-refractivity contribution in [2.75, 3.05) is 52.5 Å². The first kappa shape index (κ1) is 48.9. The van der Waals surface area contributed by atoms with Crippen LogP contribution in [0.4, 0.5) is 0 Å². The van der Waals surface area contributed by atoms with Gasteiger partial charge in [0.15, 0.2) is 0 Å². The van der Waals surface area contributed by atoms with Gasteiger partial charge < -0.3 is 19.3 Å². The second-order valence-corrected chi connectivity index (χ2v) is 15.1. The van der Waals surface area contributed by atoms with E-state index in [0.29, 0.717) is 26.1 Å². The third kappa shape index (κ3) is 34.0. The van der Waals surface area contributed by atoms with Crippen molar-refractivity contribution >= 4 is 11.9 Å². The summed E-state index contributed by atoms with van der Waals surface area (Å²) in [6, 6.07) is 0. The topological polar surface area (TPSA) is 59.1 Å². The molecule has 6 heteroatoms. The van der Waals surface area contributed by atoms with Crippen LogP contribution in [0.2, 0.25) is 0 Å². The van der Waals surface area contributed by atoms with Crippen molar-refractivity contribution in [2.24, 2.45) is 5.92 Å². The molecule has 0 N–H and O–H groups in total. The largest absolute Gasteiger partial charge is 0.466 e. The zero-order valence-electron chi connectivity index (χ0n) is 34.6. The fraction of sp³-hybridized carbons (Fsp3) is 0.955. The molecule has 1 atom stereocenters. The van der Waals surface area contributed by atoms with Gasteiger partial charge in [-0.15, -0.1) is 0 Å². The molecule has 0 aliphatic rings. The molecule has 0 aromatic carbocycles. The highest BCUT2D eigenvalue weighted by molar-refractivity contribution is 5.69. The van der Waals surface area contributed by atoms with E-state index >= 15 is 0 Å². The summed E-state index contributed by atoms with van der Waals surface area (Å²) in [5.74, 6) is 0.791. The molecule has 0 aliphatic carbocycles. The van der Waals surface area contributed by atoms with Crippen LogP contribution in [-0.2, 0) is 19.1 Å². The average Bonchev–Trinajstić information content (AvgIpc) is 3.12. The maximum absolute atomic E-state index is 12.3. The van der Waals surface area contributed by atoms with Crippen LogP contribution >= 0.6 is 0 Å². The van der Waals surface area contributed by atoms with E-state index in [4.69, 9.17) is 9.47 Å². The summed E-state index contributed by atoms with van der Waals surface area (Å²) in [7, 11) is 0. The van der Waals surface area contributed by atoms with Crippen LogP contribution < -0.4 is 0 Å². The quantitative estimate of drug-likeness (QED) is 0.0466.